The number of Topliss-reactive ketones (excluding diaryl/α,β-unsaturated/α-hetero) is 1. The van der Waals surface area contributed by atoms with Crippen molar-refractivity contribution in [2.75, 3.05) is 0 Å². The molecule has 0 aliphatic heterocycles. The summed E-state index contributed by atoms with van der Waals surface area (Å²) in [6.07, 6.45) is 10.5. The average molecular weight is 296 g/mol. The normalized spacial score (nSPS) is 46.9. The lowest BCUT2D eigenvalue weighted by Gasteiger charge is -2.56. The number of hydrogen-bond acceptors (Lipinski definition) is 2. The molecule has 0 aromatic heterocycles. The van der Waals surface area contributed by atoms with Gasteiger partial charge in [0, 0.05) is 17.3 Å². The summed E-state index contributed by atoms with van der Waals surface area (Å²) in [5.74, 6) is 2.14. The number of allylic oxidation sites excluding steroid dienone is 5. The smallest absolute Gasteiger partial charge is 0.178 e. The van der Waals surface area contributed by atoms with Gasteiger partial charge < -0.3 is 0 Å². The summed E-state index contributed by atoms with van der Waals surface area (Å²) in [6.45, 7) is 8.75. The Morgan fingerprint density at radius 3 is 2.73 bits per heavy atom. The van der Waals surface area contributed by atoms with Crippen LogP contribution in [0.3, 0.4) is 0 Å². The van der Waals surface area contributed by atoms with Crippen molar-refractivity contribution in [3.8, 4) is 0 Å². The molecule has 22 heavy (non-hydrogen) atoms. The van der Waals surface area contributed by atoms with Crippen molar-refractivity contribution in [2.45, 2.75) is 46.0 Å². The van der Waals surface area contributed by atoms with Gasteiger partial charge in [0.25, 0.3) is 0 Å². The van der Waals surface area contributed by atoms with Crippen molar-refractivity contribution in [1.29, 1.82) is 0 Å². The van der Waals surface area contributed by atoms with Crippen molar-refractivity contribution in [3.63, 3.8) is 0 Å². The standard InChI is InChI=1S/C20H24O2/c1-12-10-14-15-4-5-18(22)20(15,3)9-7-16(14)19(2)8-6-13(21)11-17(12)19/h6,8,11,14-16H,1,4-5,7,9-10H2,2-3H3/t14-,15?,16?,19+,20-/m0/s1. The second-order valence-electron chi connectivity index (χ2n) is 8.18. The van der Waals surface area contributed by atoms with Crippen LogP contribution >= 0.6 is 0 Å². The summed E-state index contributed by atoms with van der Waals surface area (Å²) in [7, 11) is 0. The Morgan fingerprint density at radius 2 is 1.95 bits per heavy atom. The summed E-state index contributed by atoms with van der Waals surface area (Å²) >= 11 is 0. The van der Waals surface area contributed by atoms with E-state index in [1.165, 1.54) is 0 Å². The number of ketones is 2. The highest BCUT2D eigenvalue weighted by molar-refractivity contribution is 6.02. The van der Waals surface area contributed by atoms with Crippen LogP contribution in [0.4, 0.5) is 0 Å². The molecule has 2 heteroatoms. The number of rotatable bonds is 0. The Morgan fingerprint density at radius 1 is 1.18 bits per heavy atom. The third kappa shape index (κ3) is 1.61. The highest BCUT2D eigenvalue weighted by atomic mass is 16.1. The van der Waals surface area contributed by atoms with Gasteiger partial charge in [-0.1, -0.05) is 32.1 Å². The fourth-order valence-electron chi connectivity index (χ4n) is 5.98. The van der Waals surface area contributed by atoms with Crippen molar-refractivity contribution in [1.82, 2.24) is 0 Å². The molecular weight excluding hydrogens is 272 g/mol. The van der Waals surface area contributed by atoms with Crippen molar-refractivity contribution >= 4 is 11.6 Å². The fraction of sp³-hybridized carbons (Fsp3) is 0.600. The number of carbonyl (C=O) groups is 2. The van der Waals surface area contributed by atoms with Gasteiger partial charge in [0.2, 0.25) is 0 Å². The second kappa shape index (κ2) is 4.31. The lowest BCUT2D eigenvalue weighted by atomic mass is 9.48. The van der Waals surface area contributed by atoms with Gasteiger partial charge in [0.05, 0.1) is 0 Å². The average Bonchev–Trinajstić information content (AvgIpc) is 2.77. The van der Waals surface area contributed by atoms with E-state index in [9.17, 15) is 9.59 Å². The first-order chi connectivity index (χ1) is 10.4. The molecule has 4 aliphatic carbocycles. The van der Waals surface area contributed by atoms with Gasteiger partial charge >= 0.3 is 0 Å². The van der Waals surface area contributed by atoms with Gasteiger partial charge in [-0.3, -0.25) is 9.59 Å². The third-order valence-corrected chi connectivity index (χ3v) is 7.24. The van der Waals surface area contributed by atoms with Gasteiger partial charge in [-0.05, 0) is 61.2 Å². The summed E-state index contributed by atoms with van der Waals surface area (Å²) in [5, 5.41) is 0. The van der Waals surface area contributed by atoms with Crippen molar-refractivity contribution in [3.05, 3.63) is 36.0 Å². The van der Waals surface area contributed by atoms with E-state index in [1.54, 1.807) is 12.2 Å². The predicted molar refractivity (Wildman–Crippen MR) is 86.1 cm³/mol. The molecular formula is C20H24O2. The van der Waals surface area contributed by atoms with E-state index in [4.69, 9.17) is 0 Å². The molecule has 0 aromatic rings. The SMILES string of the molecule is C=C1C[C@@H]2C(CC[C@]3(C)C(=O)CCC23)[C@@]2(C)C=CC(=O)C=C12. The summed E-state index contributed by atoms with van der Waals surface area (Å²) in [4.78, 5) is 24.2. The Bertz CT molecular complexity index is 653. The molecule has 3 fully saturated rings. The minimum Gasteiger partial charge on any atom is -0.299 e. The fourth-order valence-corrected chi connectivity index (χ4v) is 5.98. The maximum atomic E-state index is 12.4. The molecule has 0 amide bonds. The zero-order valence-electron chi connectivity index (χ0n) is 13.5. The van der Waals surface area contributed by atoms with Gasteiger partial charge in [-0.25, -0.2) is 0 Å². The van der Waals surface area contributed by atoms with Crippen LogP contribution in [0.5, 0.6) is 0 Å². The maximum absolute atomic E-state index is 12.4. The zero-order chi connectivity index (χ0) is 15.7. The molecule has 0 aromatic carbocycles. The summed E-state index contributed by atoms with van der Waals surface area (Å²) in [5.41, 5.74) is 2.09. The van der Waals surface area contributed by atoms with E-state index in [-0.39, 0.29) is 16.6 Å². The van der Waals surface area contributed by atoms with Crippen LogP contribution in [-0.4, -0.2) is 11.6 Å². The minimum atomic E-state index is -0.104. The number of fused-ring (bicyclic) bond motifs is 5. The second-order valence-corrected chi connectivity index (χ2v) is 8.18. The molecule has 0 saturated heterocycles. The van der Waals surface area contributed by atoms with E-state index >= 15 is 0 Å². The van der Waals surface area contributed by atoms with Gasteiger partial charge in [-0.2, -0.15) is 0 Å². The molecule has 4 rings (SSSR count). The largest absolute Gasteiger partial charge is 0.299 e. The van der Waals surface area contributed by atoms with Crippen LogP contribution < -0.4 is 0 Å². The van der Waals surface area contributed by atoms with E-state index in [2.05, 4.69) is 26.5 Å². The molecule has 0 bridgehead atoms. The van der Waals surface area contributed by atoms with Crippen LogP contribution in [0, 0.1) is 28.6 Å². The lowest BCUT2D eigenvalue weighted by molar-refractivity contribution is -0.131. The zero-order valence-corrected chi connectivity index (χ0v) is 13.5. The topological polar surface area (TPSA) is 34.1 Å². The van der Waals surface area contributed by atoms with Crippen LogP contribution in [0.1, 0.15) is 46.0 Å². The number of hydrogen-bond donors (Lipinski definition) is 0. The molecule has 2 unspecified atom stereocenters. The Labute approximate surface area is 132 Å². The Balaban J connectivity index is 1.78. The molecule has 0 N–H and O–H groups in total. The van der Waals surface area contributed by atoms with Crippen LogP contribution in [0.25, 0.3) is 0 Å². The van der Waals surface area contributed by atoms with E-state index < -0.39 is 0 Å². The molecule has 3 saturated carbocycles. The molecule has 0 spiro atoms. The van der Waals surface area contributed by atoms with E-state index in [0.29, 0.717) is 23.5 Å². The highest BCUT2D eigenvalue weighted by Crippen LogP contribution is 2.64. The summed E-state index contributed by atoms with van der Waals surface area (Å²) in [6, 6.07) is 0. The van der Waals surface area contributed by atoms with Crippen molar-refractivity contribution in [2.24, 2.45) is 28.6 Å². The van der Waals surface area contributed by atoms with Gasteiger partial charge in [-0.15, -0.1) is 0 Å². The molecule has 0 heterocycles. The van der Waals surface area contributed by atoms with Gasteiger partial charge in [0.1, 0.15) is 5.78 Å². The summed E-state index contributed by atoms with van der Waals surface area (Å²) < 4.78 is 0. The third-order valence-electron chi connectivity index (χ3n) is 7.24. The highest BCUT2D eigenvalue weighted by Gasteiger charge is 2.59. The monoisotopic (exact) mass is 296 g/mol. The molecule has 5 atom stereocenters. The Hall–Kier alpha value is -1.44. The maximum Gasteiger partial charge on any atom is 0.178 e. The van der Waals surface area contributed by atoms with Crippen molar-refractivity contribution < 1.29 is 9.59 Å². The predicted octanol–water partition coefficient (Wildman–Crippen LogP) is 4.03. The number of carbonyl (C=O) groups excluding carboxylic acids is 2. The van der Waals surface area contributed by atoms with Gasteiger partial charge in [0.15, 0.2) is 5.78 Å². The molecule has 0 radical (unpaired) electrons. The quantitative estimate of drug-likeness (QED) is 0.676. The van der Waals surface area contributed by atoms with Crippen LogP contribution in [0.2, 0.25) is 0 Å². The van der Waals surface area contributed by atoms with Crippen LogP contribution in [0.15, 0.2) is 36.0 Å². The minimum absolute atomic E-state index is 0.0686. The van der Waals surface area contributed by atoms with E-state index in [1.807, 2.05) is 0 Å². The molecule has 2 nitrogen and oxygen atoms in total. The first-order valence-electron chi connectivity index (χ1n) is 8.53. The first-order valence-corrected chi connectivity index (χ1v) is 8.53. The van der Waals surface area contributed by atoms with Crippen LogP contribution in [-0.2, 0) is 9.59 Å². The molecule has 4 aliphatic rings. The molecule has 116 valence electrons. The Kier molecular flexibility index (Phi) is 2.77. The lowest BCUT2D eigenvalue weighted by Crippen LogP contribution is -2.50. The first kappa shape index (κ1) is 14.2. The van der Waals surface area contributed by atoms with E-state index in [0.717, 1.165) is 43.3 Å².